The van der Waals surface area contributed by atoms with Crippen LogP contribution in [-0.4, -0.2) is 17.5 Å². The lowest BCUT2D eigenvalue weighted by Gasteiger charge is -2.20. The number of rotatable bonds is 6. The number of aryl methyl sites for hydroxylation is 1. The van der Waals surface area contributed by atoms with Crippen molar-refractivity contribution in [1.82, 2.24) is 9.22 Å². The fourth-order valence-electron chi connectivity index (χ4n) is 1.84. The molecule has 0 N–H and O–H groups in total. The van der Waals surface area contributed by atoms with E-state index >= 15 is 0 Å². The Bertz CT molecular complexity index is 286. The van der Waals surface area contributed by atoms with E-state index < -0.39 is 8.24 Å². The first kappa shape index (κ1) is 12.5. The molecule has 1 rings (SSSR count). The molecule has 3 heteroatoms. The molecule has 0 spiro atoms. The fraction of sp³-hybridized carbons (Fsp3) is 0.750. The van der Waals surface area contributed by atoms with E-state index in [0.717, 1.165) is 6.42 Å². The summed E-state index contributed by atoms with van der Waals surface area (Å²) in [6.07, 6.45) is 10.5. The van der Waals surface area contributed by atoms with Crippen LogP contribution in [0.5, 0.6) is 0 Å². The Morgan fingerprint density at radius 3 is 2.53 bits per heavy atom. The molecule has 0 atom stereocenters. The zero-order valence-corrected chi connectivity index (χ0v) is 11.6. The first-order valence-electron chi connectivity index (χ1n) is 6.08. The maximum Gasteiger partial charge on any atom is 0.154 e. The third-order valence-corrected chi connectivity index (χ3v) is 4.55. The second kappa shape index (κ2) is 5.49. The summed E-state index contributed by atoms with van der Waals surface area (Å²) in [6.45, 7) is 9.35. The van der Waals surface area contributed by atoms with Crippen molar-refractivity contribution in [3.8, 4) is 0 Å². The Labute approximate surface area is 94.8 Å². The van der Waals surface area contributed by atoms with Gasteiger partial charge < -0.3 is 4.23 Å². The second-order valence-corrected chi connectivity index (χ2v) is 10.0. The van der Waals surface area contributed by atoms with Crippen molar-refractivity contribution in [2.75, 3.05) is 0 Å². The first-order chi connectivity index (χ1) is 7.05. The minimum atomic E-state index is -1.24. The van der Waals surface area contributed by atoms with Crippen molar-refractivity contribution >= 4 is 8.24 Å². The van der Waals surface area contributed by atoms with Crippen molar-refractivity contribution in [3.05, 3.63) is 18.2 Å². The van der Waals surface area contributed by atoms with E-state index in [0.29, 0.717) is 0 Å². The minimum Gasteiger partial charge on any atom is -0.363 e. The van der Waals surface area contributed by atoms with E-state index in [9.17, 15) is 0 Å². The van der Waals surface area contributed by atoms with Gasteiger partial charge in [0.25, 0.3) is 0 Å². The molecule has 0 aliphatic rings. The van der Waals surface area contributed by atoms with Gasteiger partial charge in [-0.1, -0.05) is 45.8 Å². The summed E-state index contributed by atoms with van der Waals surface area (Å²) < 4.78 is 2.43. The molecule has 0 aliphatic heterocycles. The van der Waals surface area contributed by atoms with Crippen molar-refractivity contribution in [2.24, 2.45) is 0 Å². The van der Waals surface area contributed by atoms with Crippen LogP contribution >= 0.6 is 0 Å². The van der Waals surface area contributed by atoms with E-state index in [2.05, 4.69) is 42.0 Å². The smallest absolute Gasteiger partial charge is 0.154 e. The van der Waals surface area contributed by atoms with Crippen molar-refractivity contribution in [3.63, 3.8) is 0 Å². The highest BCUT2D eigenvalue weighted by atomic mass is 28.3. The molecule has 0 amide bonds. The van der Waals surface area contributed by atoms with Crippen LogP contribution in [0, 0.1) is 0 Å². The third-order valence-electron chi connectivity index (χ3n) is 2.69. The molecule has 86 valence electrons. The normalized spacial score (nSPS) is 12.0. The molecule has 1 aromatic rings. The minimum absolute atomic E-state index is 1.15. The molecule has 0 bridgehead atoms. The third kappa shape index (κ3) is 3.82. The van der Waals surface area contributed by atoms with E-state index in [4.69, 9.17) is 0 Å². The molecule has 1 heterocycles. The summed E-state index contributed by atoms with van der Waals surface area (Å²) >= 11 is 0. The van der Waals surface area contributed by atoms with Crippen molar-refractivity contribution in [2.45, 2.75) is 58.7 Å². The highest BCUT2D eigenvalue weighted by Gasteiger charge is 2.18. The number of unbranched alkanes of at least 4 members (excludes halogenated alkanes) is 3. The molecule has 0 unspecified atom stereocenters. The van der Waals surface area contributed by atoms with Gasteiger partial charge >= 0.3 is 0 Å². The summed E-state index contributed by atoms with van der Waals surface area (Å²) in [4.78, 5) is 4.48. The average Bonchev–Trinajstić information content (AvgIpc) is 2.59. The van der Waals surface area contributed by atoms with Crippen molar-refractivity contribution < 1.29 is 0 Å². The predicted octanol–water partition coefficient (Wildman–Crippen LogP) is 3.69. The first-order valence-corrected chi connectivity index (χ1v) is 9.53. The van der Waals surface area contributed by atoms with Crippen LogP contribution in [0.2, 0.25) is 19.6 Å². The van der Waals surface area contributed by atoms with Crippen LogP contribution in [0.1, 0.15) is 38.4 Å². The monoisotopic (exact) mass is 224 g/mol. The Morgan fingerprint density at radius 1 is 1.20 bits per heavy atom. The van der Waals surface area contributed by atoms with Crippen LogP contribution < -0.4 is 0 Å². The van der Waals surface area contributed by atoms with Gasteiger partial charge in [-0.2, -0.15) is 0 Å². The summed E-state index contributed by atoms with van der Waals surface area (Å²) in [7, 11) is -1.24. The zero-order chi connectivity index (χ0) is 11.3. The van der Waals surface area contributed by atoms with Crippen LogP contribution in [0.25, 0.3) is 0 Å². The molecule has 0 saturated carbocycles. The van der Waals surface area contributed by atoms with E-state index in [1.54, 1.807) is 0 Å². The Morgan fingerprint density at radius 2 is 1.93 bits per heavy atom. The highest BCUT2D eigenvalue weighted by Crippen LogP contribution is 2.12. The maximum absolute atomic E-state index is 4.48. The lowest BCUT2D eigenvalue weighted by Crippen LogP contribution is -2.33. The van der Waals surface area contributed by atoms with Gasteiger partial charge in [0.2, 0.25) is 0 Å². The molecule has 15 heavy (non-hydrogen) atoms. The lowest BCUT2D eigenvalue weighted by molar-refractivity contribution is 0.650. The average molecular weight is 224 g/mol. The number of aromatic nitrogens is 2. The molecule has 1 aromatic heterocycles. The van der Waals surface area contributed by atoms with Gasteiger partial charge in [-0.05, 0) is 6.42 Å². The molecule has 0 aliphatic carbocycles. The maximum atomic E-state index is 4.48. The van der Waals surface area contributed by atoms with Gasteiger partial charge in [0, 0.05) is 18.8 Å². The molecular weight excluding hydrogens is 200 g/mol. The van der Waals surface area contributed by atoms with Gasteiger partial charge in [-0.25, -0.2) is 4.98 Å². The quantitative estimate of drug-likeness (QED) is 0.532. The van der Waals surface area contributed by atoms with E-state index in [1.165, 1.54) is 31.5 Å². The summed E-state index contributed by atoms with van der Waals surface area (Å²) in [5, 5.41) is 0. The fourth-order valence-corrected chi connectivity index (χ4v) is 3.30. The number of hydrogen-bond acceptors (Lipinski definition) is 1. The van der Waals surface area contributed by atoms with E-state index in [1.807, 2.05) is 6.20 Å². The van der Waals surface area contributed by atoms with E-state index in [-0.39, 0.29) is 0 Å². The van der Waals surface area contributed by atoms with Gasteiger partial charge in [0.15, 0.2) is 8.24 Å². The molecule has 0 aromatic carbocycles. The second-order valence-electron chi connectivity index (χ2n) is 5.19. The Balaban J connectivity index is 2.51. The van der Waals surface area contributed by atoms with Gasteiger partial charge in [0.05, 0.1) is 0 Å². The standard InChI is InChI=1S/C12H24N2Si/c1-5-6-7-8-9-12-13-10-11-14(12)15(2,3)4/h10-11H,5-9H2,1-4H3. The van der Waals surface area contributed by atoms with Gasteiger partial charge in [-0.3, -0.25) is 0 Å². The molecule has 0 fully saturated rings. The summed E-state index contributed by atoms with van der Waals surface area (Å²) in [5.74, 6) is 1.30. The topological polar surface area (TPSA) is 17.8 Å². The molecule has 2 nitrogen and oxygen atoms in total. The predicted molar refractivity (Wildman–Crippen MR) is 68.8 cm³/mol. The highest BCUT2D eigenvalue weighted by molar-refractivity contribution is 6.74. The summed E-state index contributed by atoms with van der Waals surface area (Å²) in [5.41, 5.74) is 0. The molecule has 0 saturated heterocycles. The summed E-state index contributed by atoms with van der Waals surface area (Å²) in [6, 6.07) is 0. The zero-order valence-electron chi connectivity index (χ0n) is 10.6. The number of hydrogen-bond donors (Lipinski definition) is 0. The largest absolute Gasteiger partial charge is 0.363 e. The van der Waals surface area contributed by atoms with Gasteiger partial charge in [-0.15, -0.1) is 0 Å². The van der Waals surface area contributed by atoms with Crippen LogP contribution in [0.4, 0.5) is 0 Å². The Hall–Kier alpha value is -0.573. The lowest BCUT2D eigenvalue weighted by atomic mass is 10.1. The van der Waals surface area contributed by atoms with Gasteiger partial charge in [0.1, 0.15) is 5.82 Å². The Kier molecular flexibility index (Phi) is 4.58. The number of nitrogens with zero attached hydrogens (tertiary/aromatic N) is 2. The van der Waals surface area contributed by atoms with Crippen LogP contribution in [-0.2, 0) is 6.42 Å². The van der Waals surface area contributed by atoms with Crippen LogP contribution in [0.3, 0.4) is 0 Å². The SMILES string of the molecule is CCCCCCc1nccn1[Si](C)(C)C. The molecule has 0 radical (unpaired) electrons. The van der Waals surface area contributed by atoms with Crippen molar-refractivity contribution in [1.29, 1.82) is 0 Å². The number of imidazole rings is 1. The van der Waals surface area contributed by atoms with Crippen LogP contribution in [0.15, 0.2) is 12.4 Å². The molecular formula is C12H24N2Si.